The summed E-state index contributed by atoms with van der Waals surface area (Å²) < 4.78 is 37.2. The lowest BCUT2D eigenvalue weighted by molar-refractivity contribution is 0.0438. The Labute approximate surface area is 168 Å². The molecule has 4 rings (SSSR count). The minimum atomic E-state index is -3.51. The molecule has 0 bridgehead atoms. The van der Waals surface area contributed by atoms with Crippen LogP contribution in [-0.4, -0.2) is 42.0 Å². The Morgan fingerprint density at radius 2 is 1.69 bits per heavy atom. The summed E-state index contributed by atoms with van der Waals surface area (Å²) in [4.78, 5) is 12.4. The van der Waals surface area contributed by atoms with Gasteiger partial charge in [0.1, 0.15) is 0 Å². The molecule has 1 saturated heterocycles. The summed E-state index contributed by atoms with van der Waals surface area (Å²) in [6.07, 6.45) is 1.73. The SMILES string of the molecule is O=C(OCc1nnc(-c2ccccc2)o1)c1ccc(S(=O)(=O)N2CCCC2)cc1. The lowest BCUT2D eigenvalue weighted by Gasteiger charge is -2.15. The number of hydrogen-bond donors (Lipinski definition) is 0. The first kappa shape index (κ1) is 19.3. The molecule has 1 aromatic heterocycles. The van der Waals surface area contributed by atoms with Gasteiger partial charge in [0.05, 0.1) is 10.5 Å². The molecule has 0 saturated carbocycles. The molecule has 0 aliphatic carbocycles. The van der Waals surface area contributed by atoms with E-state index in [1.807, 2.05) is 30.3 Å². The van der Waals surface area contributed by atoms with Crippen molar-refractivity contribution < 1.29 is 22.4 Å². The van der Waals surface area contributed by atoms with E-state index in [-0.39, 0.29) is 23.0 Å². The van der Waals surface area contributed by atoms with E-state index in [0.29, 0.717) is 19.0 Å². The molecule has 1 aliphatic rings. The Hall–Kier alpha value is -3.04. The molecule has 1 fully saturated rings. The molecule has 0 amide bonds. The molecule has 1 aliphatic heterocycles. The van der Waals surface area contributed by atoms with Crippen LogP contribution >= 0.6 is 0 Å². The van der Waals surface area contributed by atoms with Crippen molar-refractivity contribution in [2.75, 3.05) is 13.1 Å². The van der Waals surface area contributed by atoms with Crippen LogP contribution in [0, 0.1) is 0 Å². The van der Waals surface area contributed by atoms with Crippen LogP contribution < -0.4 is 0 Å². The summed E-state index contributed by atoms with van der Waals surface area (Å²) >= 11 is 0. The summed E-state index contributed by atoms with van der Waals surface area (Å²) in [5.41, 5.74) is 1.01. The third-order valence-corrected chi connectivity index (χ3v) is 6.52. The van der Waals surface area contributed by atoms with Gasteiger partial charge in [-0.25, -0.2) is 13.2 Å². The first-order valence-electron chi connectivity index (χ1n) is 9.19. The molecule has 0 atom stereocenters. The minimum Gasteiger partial charge on any atom is -0.452 e. The standard InChI is InChI=1S/C20H19N3O5S/c24-20(27-14-18-21-22-19(28-18)15-6-2-1-3-7-15)16-8-10-17(11-9-16)29(25,26)23-12-4-5-13-23/h1-3,6-11H,4-5,12-14H2. The molecule has 2 heterocycles. The van der Waals surface area contributed by atoms with E-state index in [4.69, 9.17) is 9.15 Å². The Morgan fingerprint density at radius 3 is 2.38 bits per heavy atom. The van der Waals surface area contributed by atoms with Crippen LogP contribution in [0.3, 0.4) is 0 Å². The summed E-state index contributed by atoms with van der Waals surface area (Å²) in [6, 6.07) is 15.0. The number of nitrogens with zero attached hydrogens (tertiary/aromatic N) is 3. The maximum atomic E-state index is 12.5. The van der Waals surface area contributed by atoms with Crippen molar-refractivity contribution in [3.8, 4) is 11.5 Å². The van der Waals surface area contributed by atoms with Crippen molar-refractivity contribution in [2.24, 2.45) is 0 Å². The second kappa shape index (κ2) is 8.14. The van der Waals surface area contributed by atoms with Gasteiger partial charge in [-0.05, 0) is 49.2 Å². The summed E-state index contributed by atoms with van der Waals surface area (Å²) in [7, 11) is -3.51. The summed E-state index contributed by atoms with van der Waals surface area (Å²) in [5, 5.41) is 7.80. The van der Waals surface area contributed by atoms with Gasteiger partial charge < -0.3 is 9.15 Å². The van der Waals surface area contributed by atoms with E-state index in [9.17, 15) is 13.2 Å². The minimum absolute atomic E-state index is 0.167. The van der Waals surface area contributed by atoms with Gasteiger partial charge in [0, 0.05) is 18.7 Å². The summed E-state index contributed by atoms with van der Waals surface area (Å²) in [5.74, 6) is -0.0897. The third kappa shape index (κ3) is 4.20. The second-order valence-electron chi connectivity index (χ2n) is 6.58. The van der Waals surface area contributed by atoms with Crippen LogP contribution in [0.15, 0.2) is 63.9 Å². The second-order valence-corrected chi connectivity index (χ2v) is 8.52. The highest BCUT2D eigenvalue weighted by atomic mass is 32.2. The van der Waals surface area contributed by atoms with Crippen LogP contribution in [0.2, 0.25) is 0 Å². The number of esters is 1. The highest BCUT2D eigenvalue weighted by molar-refractivity contribution is 7.89. The van der Waals surface area contributed by atoms with E-state index in [1.165, 1.54) is 28.6 Å². The van der Waals surface area contributed by atoms with Crippen molar-refractivity contribution in [3.05, 3.63) is 66.1 Å². The Kier molecular flexibility index (Phi) is 5.41. The van der Waals surface area contributed by atoms with Crippen LogP contribution in [-0.2, 0) is 21.4 Å². The molecule has 0 spiro atoms. The lowest BCUT2D eigenvalue weighted by atomic mass is 10.2. The van der Waals surface area contributed by atoms with Gasteiger partial charge in [-0.15, -0.1) is 10.2 Å². The van der Waals surface area contributed by atoms with Gasteiger partial charge in [-0.3, -0.25) is 0 Å². The van der Waals surface area contributed by atoms with Crippen LogP contribution in [0.25, 0.3) is 11.5 Å². The summed E-state index contributed by atoms with van der Waals surface area (Å²) in [6.45, 7) is 0.884. The fourth-order valence-corrected chi connectivity index (χ4v) is 4.58. The number of carbonyl (C=O) groups is 1. The molecule has 8 nitrogen and oxygen atoms in total. The van der Waals surface area contributed by atoms with E-state index in [1.54, 1.807) is 0 Å². The monoisotopic (exact) mass is 413 g/mol. The van der Waals surface area contributed by atoms with Gasteiger partial charge >= 0.3 is 5.97 Å². The molecule has 0 radical (unpaired) electrons. The zero-order valence-electron chi connectivity index (χ0n) is 15.5. The number of carbonyl (C=O) groups excluding carboxylic acids is 1. The molecule has 29 heavy (non-hydrogen) atoms. The van der Waals surface area contributed by atoms with Gasteiger partial charge in [0.2, 0.25) is 15.9 Å². The zero-order valence-corrected chi connectivity index (χ0v) is 16.3. The topological polar surface area (TPSA) is 103 Å². The van der Waals surface area contributed by atoms with E-state index in [2.05, 4.69) is 10.2 Å². The Balaban J connectivity index is 1.38. The first-order chi connectivity index (χ1) is 14.0. The first-order valence-corrected chi connectivity index (χ1v) is 10.6. The highest BCUT2D eigenvalue weighted by Gasteiger charge is 2.27. The van der Waals surface area contributed by atoms with Gasteiger partial charge in [0.15, 0.2) is 6.61 Å². The molecule has 0 unspecified atom stereocenters. The van der Waals surface area contributed by atoms with E-state index in [0.717, 1.165) is 18.4 Å². The largest absolute Gasteiger partial charge is 0.452 e. The Morgan fingerprint density at radius 1 is 1.00 bits per heavy atom. The number of rotatable bonds is 6. The van der Waals surface area contributed by atoms with Crippen molar-refractivity contribution in [3.63, 3.8) is 0 Å². The van der Waals surface area contributed by atoms with Crippen LogP contribution in [0.1, 0.15) is 29.1 Å². The van der Waals surface area contributed by atoms with E-state index >= 15 is 0 Å². The fourth-order valence-electron chi connectivity index (χ4n) is 3.06. The van der Waals surface area contributed by atoms with Crippen molar-refractivity contribution in [1.82, 2.24) is 14.5 Å². The van der Waals surface area contributed by atoms with Crippen molar-refractivity contribution in [1.29, 1.82) is 0 Å². The number of benzene rings is 2. The fraction of sp³-hybridized carbons (Fsp3) is 0.250. The van der Waals surface area contributed by atoms with Gasteiger partial charge in [-0.2, -0.15) is 4.31 Å². The average Bonchev–Trinajstić information content (AvgIpc) is 3.45. The molecule has 3 aromatic rings. The predicted molar refractivity (Wildman–Crippen MR) is 103 cm³/mol. The maximum Gasteiger partial charge on any atom is 0.338 e. The van der Waals surface area contributed by atoms with E-state index < -0.39 is 16.0 Å². The number of ether oxygens (including phenoxy) is 1. The van der Waals surface area contributed by atoms with Gasteiger partial charge in [-0.1, -0.05) is 18.2 Å². The van der Waals surface area contributed by atoms with Crippen molar-refractivity contribution >= 4 is 16.0 Å². The maximum absolute atomic E-state index is 12.5. The van der Waals surface area contributed by atoms with Gasteiger partial charge in [0.25, 0.3) is 5.89 Å². The molecule has 9 heteroatoms. The normalized spacial score (nSPS) is 14.8. The third-order valence-electron chi connectivity index (χ3n) is 4.61. The number of aromatic nitrogens is 2. The molecular formula is C20H19N3O5S. The Bertz CT molecular complexity index is 1090. The zero-order chi connectivity index (χ0) is 20.3. The van der Waals surface area contributed by atoms with Crippen molar-refractivity contribution in [2.45, 2.75) is 24.3 Å². The smallest absolute Gasteiger partial charge is 0.338 e. The number of hydrogen-bond acceptors (Lipinski definition) is 7. The van der Waals surface area contributed by atoms with Crippen LogP contribution in [0.4, 0.5) is 0 Å². The average molecular weight is 413 g/mol. The highest BCUT2D eigenvalue weighted by Crippen LogP contribution is 2.21. The predicted octanol–water partition coefficient (Wildman–Crippen LogP) is 2.88. The molecule has 2 aromatic carbocycles. The lowest BCUT2D eigenvalue weighted by Crippen LogP contribution is -2.27. The molecule has 150 valence electrons. The quantitative estimate of drug-likeness (QED) is 0.573. The molecule has 0 N–H and O–H groups in total. The van der Waals surface area contributed by atoms with Crippen LogP contribution in [0.5, 0.6) is 0 Å². The molecular weight excluding hydrogens is 394 g/mol. The number of sulfonamides is 1.